The number of nitrogens with zero attached hydrogens (tertiary/aromatic N) is 1. The molecule has 0 saturated carbocycles. The summed E-state index contributed by atoms with van der Waals surface area (Å²) in [5.74, 6) is 0. The molecule has 2 fully saturated rings. The first-order chi connectivity index (χ1) is 19.7. The van der Waals surface area contributed by atoms with Crippen molar-refractivity contribution in [3.63, 3.8) is 0 Å². The Labute approximate surface area is 237 Å². The Morgan fingerprint density at radius 1 is 0.800 bits per heavy atom. The van der Waals surface area contributed by atoms with Crippen LogP contribution in [-0.2, 0) is 22.6 Å². The van der Waals surface area contributed by atoms with Crippen LogP contribution in [0.2, 0.25) is 0 Å². The van der Waals surface area contributed by atoms with Crippen molar-refractivity contribution in [1.82, 2.24) is 10.2 Å². The first kappa shape index (κ1) is 28.3. The predicted octanol–water partition coefficient (Wildman–Crippen LogP) is 6.31. The lowest BCUT2D eigenvalue weighted by molar-refractivity contribution is -0.253. The smallest absolute Gasteiger partial charge is 0.319 e. The third-order valence-electron chi connectivity index (χ3n) is 7.76. The van der Waals surface area contributed by atoms with Gasteiger partial charge in [0.05, 0.1) is 18.8 Å². The average molecular weight is 544 g/mol. The maximum atomic E-state index is 12.4. The number of aliphatic hydroxyl groups excluding tert-OH is 1. The molecular formula is C33H41N3O4. The number of aliphatic hydroxyl groups is 1. The highest BCUT2D eigenvalue weighted by atomic mass is 16.7. The molecule has 3 aromatic carbocycles. The van der Waals surface area contributed by atoms with E-state index in [1.807, 2.05) is 78.9 Å². The first-order valence-corrected chi connectivity index (χ1v) is 14.6. The second-order valence-electron chi connectivity index (χ2n) is 10.8. The quantitative estimate of drug-likeness (QED) is 0.310. The van der Waals surface area contributed by atoms with Crippen molar-refractivity contribution in [3.8, 4) is 0 Å². The van der Waals surface area contributed by atoms with Crippen LogP contribution >= 0.6 is 0 Å². The molecule has 40 heavy (non-hydrogen) atoms. The van der Waals surface area contributed by atoms with Crippen LogP contribution in [0.1, 0.15) is 73.2 Å². The lowest BCUT2D eigenvalue weighted by atomic mass is 9.99. The summed E-state index contributed by atoms with van der Waals surface area (Å²) >= 11 is 0. The molecule has 2 amide bonds. The molecule has 7 nitrogen and oxygen atoms in total. The van der Waals surface area contributed by atoms with Crippen LogP contribution in [0.3, 0.4) is 0 Å². The van der Waals surface area contributed by atoms with E-state index < -0.39 is 6.29 Å². The van der Waals surface area contributed by atoms with Gasteiger partial charge in [-0.15, -0.1) is 0 Å². The maximum absolute atomic E-state index is 12.4. The van der Waals surface area contributed by atoms with Gasteiger partial charge in [-0.2, -0.15) is 0 Å². The minimum Gasteiger partial charge on any atom is -0.392 e. The zero-order valence-electron chi connectivity index (χ0n) is 23.1. The fraction of sp³-hybridized carbons (Fsp3) is 0.424. The first-order valence-electron chi connectivity index (χ1n) is 14.6. The van der Waals surface area contributed by atoms with Crippen molar-refractivity contribution in [2.75, 3.05) is 25.0 Å². The van der Waals surface area contributed by atoms with Gasteiger partial charge in [-0.05, 0) is 54.8 Å². The van der Waals surface area contributed by atoms with Crippen molar-refractivity contribution < 1.29 is 19.4 Å². The summed E-state index contributed by atoms with van der Waals surface area (Å²) in [5, 5.41) is 15.3. The zero-order chi connectivity index (χ0) is 27.6. The van der Waals surface area contributed by atoms with Crippen LogP contribution in [0.15, 0.2) is 78.9 Å². The van der Waals surface area contributed by atoms with Gasteiger partial charge in [0.1, 0.15) is 0 Å². The molecule has 3 atom stereocenters. The Hall–Kier alpha value is -3.23. The minimum absolute atomic E-state index is 0.0276. The molecule has 0 aliphatic carbocycles. The highest BCUT2D eigenvalue weighted by molar-refractivity contribution is 5.89. The van der Waals surface area contributed by atoms with Gasteiger partial charge in [-0.1, -0.05) is 86.0 Å². The van der Waals surface area contributed by atoms with Crippen molar-refractivity contribution in [2.45, 2.75) is 70.2 Å². The van der Waals surface area contributed by atoms with Crippen LogP contribution in [0, 0.1) is 0 Å². The number of benzene rings is 3. The highest BCUT2D eigenvalue weighted by Gasteiger charge is 2.33. The number of carbonyl (C=O) groups is 1. The molecule has 2 saturated heterocycles. The van der Waals surface area contributed by atoms with Crippen molar-refractivity contribution in [2.24, 2.45) is 0 Å². The number of amides is 2. The van der Waals surface area contributed by atoms with E-state index in [9.17, 15) is 9.90 Å². The molecule has 2 heterocycles. The van der Waals surface area contributed by atoms with Crippen molar-refractivity contribution >= 4 is 11.7 Å². The fourth-order valence-electron chi connectivity index (χ4n) is 5.49. The SMILES string of the molecule is O=C(NCc1ccccc1)Nc1ccc([C@@H]2O[C@H](CN3CCCCCCC3)C[C@H](c3ccc(CO)cc3)O2)cc1. The molecule has 5 rings (SSSR count). The number of nitrogens with one attached hydrogen (secondary N) is 2. The molecule has 7 heteroatoms. The molecule has 0 spiro atoms. The zero-order valence-corrected chi connectivity index (χ0v) is 23.1. The van der Waals surface area contributed by atoms with Crippen LogP contribution in [0.5, 0.6) is 0 Å². The molecule has 2 aliphatic heterocycles. The number of carbonyl (C=O) groups excluding carboxylic acids is 1. The van der Waals surface area contributed by atoms with E-state index in [0.717, 1.165) is 48.3 Å². The molecule has 2 aliphatic rings. The van der Waals surface area contributed by atoms with Crippen LogP contribution in [0.25, 0.3) is 0 Å². The number of hydrogen-bond donors (Lipinski definition) is 3. The standard InChI is InChI=1S/C33H41N3O4/c37-24-26-11-13-27(14-12-26)31-21-30(23-36-19-7-2-1-3-8-20-36)39-32(40-31)28-15-17-29(18-16-28)35-33(38)34-22-25-9-5-4-6-10-25/h4-6,9-18,30-32,37H,1-3,7-8,19-24H2,(H2,34,35,38)/t30-,31+,32+/m0/s1. The minimum atomic E-state index is -0.503. The van der Waals surface area contributed by atoms with Crippen LogP contribution in [0.4, 0.5) is 10.5 Å². The van der Waals surface area contributed by atoms with Gasteiger partial charge in [0.15, 0.2) is 6.29 Å². The Morgan fingerprint density at radius 3 is 2.17 bits per heavy atom. The second kappa shape index (κ2) is 14.4. The summed E-state index contributed by atoms with van der Waals surface area (Å²) in [6.45, 7) is 3.63. The summed E-state index contributed by atoms with van der Waals surface area (Å²) in [7, 11) is 0. The van der Waals surface area contributed by atoms with Gasteiger partial charge in [0.25, 0.3) is 0 Å². The molecule has 0 unspecified atom stereocenters. The van der Waals surface area contributed by atoms with Gasteiger partial charge < -0.3 is 30.1 Å². The van der Waals surface area contributed by atoms with E-state index in [4.69, 9.17) is 9.47 Å². The normalized spacial score (nSPS) is 22.2. The Morgan fingerprint density at radius 2 is 1.48 bits per heavy atom. The monoisotopic (exact) mass is 543 g/mol. The van der Waals surface area contributed by atoms with Gasteiger partial charge in [-0.25, -0.2) is 4.79 Å². The van der Waals surface area contributed by atoms with E-state index in [-0.39, 0.29) is 24.8 Å². The van der Waals surface area contributed by atoms with Crippen molar-refractivity contribution in [3.05, 3.63) is 101 Å². The number of anilines is 1. The van der Waals surface area contributed by atoms with E-state index in [1.165, 1.54) is 32.1 Å². The summed E-state index contributed by atoms with van der Waals surface area (Å²) in [6, 6.07) is 25.3. The molecule has 0 radical (unpaired) electrons. The van der Waals surface area contributed by atoms with Crippen LogP contribution < -0.4 is 10.6 Å². The average Bonchev–Trinajstić information content (AvgIpc) is 2.98. The molecular weight excluding hydrogens is 502 g/mol. The third kappa shape index (κ3) is 8.15. The largest absolute Gasteiger partial charge is 0.392 e. The fourth-order valence-corrected chi connectivity index (χ4v) is 5.49. The molecule has 3 aromatic rings. The summed E-state index contributed by atoms with van der Waals surface area (Å²) < 4.78 is 13.1. The second-order valence-corrected chi connectivity index (χ2v) is 10.8. The highest BCUT2D eigenvalue weighted by Crippen LogP contribution is 2.38. The van der Waals surface area contributed by atoms with Crippen LogP contribution in [-0.4, -0.2) is 41.8 Å². The molecule has 3 N–H and O–H groups in total. The summed E-state index contributed by atoms with van der Waals surface area (Å²) in [4.78, 5) is 15.0. The molecule has 0 bridgehead atoms. The lowest BCUT2D eigenvalue weighted by Crippen LogP contribution is -2.40. The molecule has 0 aromatic heterocycles. The van der Waals surface area contributed by atoms with E-state index in [0.29, 0.717) is 12.2 Å². The number of rotatable bonds is 8. The predicted molar refractivity (Wildman–Crippen MR) is 157 cm³/mol. The number of ether oxygens (including phenoxy) is 2. The Balaban J connectivity index is 1.24. The van der Waals surface area contributed by atoms with E-state index in [2.05, 4.69) is 15.5 Å². The van der Waals surface area contributed by atoms with Crippen molar-refractivity contribution in [1.29, 1.82) is 0 Å². The maximum Gasteiger partial charge on any atom is 0.319 e. The lowest BCUT2D eigenvalue weighted by Gasteiger charge is -2.38. The third-order valence-corrected chi connectivity index (χ3v) is 7.76. The Bertz CT molecular complexity index is 1180. The van der Waals surface area contributed by atoms with Gasteiger partial charge in [0.2, 0.25) is 0 Å². The topological polar surface area (TPSA) is 83.1 Å². The number of hydrogen-bond acceptors (Lipinski definition) is 5. The summed E-state index contributed by atoms with van der Waals surface area (Å²) in [6.07, 6.45) is 6.66. The summed E-state index contributed by atoms with van der Waals surface area (Å²) in [5.41, 5.74) is 4.66. The van der Waals surface area contributed by atoms with E-state index in [1.54, 1.807) is 0 Å². The number of likely N-dealkylation sites (tertiary alicyclic amines) is 1. The Kier molecular flexibility index (Phi) is 10.2. The molecule has 212 valence electrons. The van der Waals surface area contributed by atoms with Gasteiger partial charge in [0, 0.05) is 30.8 Å². The number of urea groups is 1. The van der Waals surface area contributed by atoms with Gasteiger partial charge >= 0.3 is 6.03 Å². The van der Waals surface area contributed by atoms with E-state index >= 15 is 0 Å². The van der Waals surface area contributed by atoms with Gasteiger partial charge in [-0.3, -0.25) is 0 Å².